The molecule has 2 heterocycles. The number of piperidine rings is 1. The van der Waals surface area contributed by atoms with Gasteiger partial charge in [0.1, 0.15) is 11.6 Å². The molecule has 2 aromatic carbocycles. The minimum absolute atomic E-state index is 0.0395. The van der Waals surface area contributed by atoms with E-state index in [0.29, 0.717) is 24.6 Å². The Bertz CT molecular complexity index is 973. The van der Waals surface area contributed by atoms with Crippen LogP contribution in [0.4, 0.5) is 4.39 Å². The van der Waals surface area contributed by atoms with Crippen LogP contribution in [0.15, 0.2) is 36.4 Å². The number of phenols is 1. The zero-order valence-corrected chi connectivity index (χ0v) is 18.7. The van der Waals surface area contributed by atoms with Crippen molar-refractivity contribution in [3.63, 3.8) is 0 Å². The van der Waals surface area contributed by atoms with Gasteiger partial charge in [0.2, 0.25) is 5.91 Å². The Labute approximate surface area is 187 Å². The van der Waals surface area contributed by atoms with Crippen molar-refractivity contribution in [2.45, 2.75) is 31.5 Å². The van der Waals surface area contributed by atoms with E-state index < -0.39 is 0 Å². The van der Waals surface area contributed by atoms with Gasteiger partial charge in [0, 0.05) is 38.8 Å². The normalized spacial score (nSPS) is 18.7. The Morgan fingerprint density at radius 1 is 1.26 bits per heavy atom. The average Bonchev–Trinajstić information content (AvgIpc) is 3.08. The van der Waals surface area contributed by atoms with Crippen LogP contribution in [0.3, 0.4) is 0 Å². The number of aromatic hydroxyl groups is 1. The van der Waals surface area contributed by atoms with E-state index in [9.17, 15) is 14.3 Å². The Kier molecular flexibility index (Phi) is 6.24. The largest absolute Gasteiger partial charge is 0.508 e. The molecular weight excluding hydrogens is 419 g/mol. The van der Waals surface area contributed by atoms with E-state index in [-0.39, 0.29) is 29.0 Å². The maximum absolute atomic E-state index is 13.6. The summed E-state index contributed by atoms with van der Waals surface area (Å²) >= 11 is 6.32. The molecule has 4 rings (SSSR count). The highest BCUT2D eigenvalue weighted by molar-refractivity contribution is 6.31. The molecule has 0 saturated carbocycles. The monoisotopic (exact) mass is 446 g/mol. The summed E-state index contributed by atoms with van der Waals surface area (Å²) in [5, 5.41) is 10.4. The molecule has 1 fully saturated rings. The molecule has 2 aliphatic rings. The molecule has 1 unspecified atom stereocenters. The minimum atomic E-state index is -0.352. The van der Waals surface area contributed by atoms with Crippen LogP contribution in [-0.4, -0.2) is 54.5 Å². The molecule has 2 aromatic rings. The van der Waals surface area contributed by atoms with Gasteiger partial charge in [-0.3, -0.25) is 4.79 Å². The topological polar surface area (TPSA) is 53.0 Å². The van der Waals surface area contributed by atoms with Crippen molar-refractivity contribution >= 4 is 17.5 Å². The van der Waals surface area contributed by atoms with E-state index in [2.05, 4.69) is 4.90 Å². The summed E-state index contributed by atoms with van der Waals surface area (Å²) in [5.74, 6) is -0.316. The van der Waals surface area contributed by atoms with Crippen LogP contribution < -0.4 is 0 Å². The van der Waals surface area contributed by atoms with Gasteiger partial charge in [-0.2, -0.15) is 0 Å². The Morgan fingerprint density at radius 2 is 2.00 bits per heavy atom. The van der Waals surface area contributed by atoms with Gasteiger partial charge in [-0.15, -0.1) is 0 Å². The van der Waals surface area contributed by atoms with E-state index in [0.717, 1.165) is 42.6 Å². The van der Waals surface area contributed by atoms with Gasteiger partial charge in [0.05, 0.1) is 18.1 Å². The molecule has 31 heavy (non-hydrogen) atoms. The number of hydrogen-bond acceptors (Lipinski definition) is 4. The average molecular weight is 447 g/mol. The van der Waals surface area contributed by atoms with Crippen LogP contribution in [0.2, 0.25) is 5.02 Å². The number of carbonyl (C=O) groups is 1. The second-order valence-corrected chi connectivity index (χ2v) is 9.20. The zero-order chi connectivity index (χ0) is 22.2. The molecule has 1 saturated heterocycles. The summed E-state index contributed by atoms with van der Waals surface area (Å²) in [4.78, 5) is 16.8. The van der Waals surface area contributed by atoms with Gasteiger partial charge in [-0.1, -0.05) is 17.7 Å². The third kappa shape index (κ3) is 4.56. The molecule has 1 amide bonds. The van der Waals surface area contributed by atoms with Crippen LogP contribution in [-0.2, 0) is 28.2 Å². The fourth-order valence-electron chi connectivity index (χ4n) is 4.82. The molecule has 0 aromatic heterocycles. The minimum Gasteiger partial charge on any atom is -0.508 e. The van der Waals surface area contributed by atoms with Crippen molar-refractivity contribution in [2.75, 3.05) is 33.7 Å². The van der Waals surface area contributed by atoms with Crippen molar-refractivity contribution in [3.05, 3.63) is 63.9 Å². The lowest BCUT2D eigenvalue weighted by atomic mass is 9.83. The second kappa shape index (κ2) is 8.77. The van der Waals surface area contributed by atoms with Crippen molar-refractivity contribution in [1.29, 1.82) is 0 Å². The fraction of sp³-hybridized carbons (Fsp3) is 0.458. The molecular formula is C24H28ClFN2O3. The number of hydrogen-bond donors (Lipinski definition) is 1. The lowest BCUT2D eigenvalue weighted by Crippen LogP contribution is -2.46. The van der Waals surface area contributed by atoms with E-state index >= 15 is 0 Å². The lowest BCUT2D eigenvalue weighted by molar-refractivity contribution is -0.134. The molecule has 1 atom stereocenters. The highest BCUT2D eigenvalue weighted by atomic mass is 35.5. The number of benzene rings is 2. The maximum atomic E-state index is 13.6. The second-order valence-electron chi connectivity index (χ2n) is 8.79. The number of nitrogens with zero attached hydrogens (tertiary/aromatic N) is 2. The molecule has 0 aliphatic carbocycles. The smallest absolute Gasteiger partial charge is 0.226 e. The lowest BCUT2D eigenvalue weighted by Gasteiger charge is -2.40. The van der Waals surface area contributed by atoms with Crippen molar-refractivity contribution < 1.29 is 19.0 Å². The van der Waals surface area contributed by atoms with Crippen LogP contribution in [0.5, 0.6) is 5.75 Å². The fourth-order valence-corrected chi connectivity index (χ4v) is 5.01. The highest BCUT2D eigenvalue weighted by Crippen LogP contribution is 2.44. The van der Waals surface area contributed by atoms with Crippen molar-refractivity contribution in [1.82, 2.24) is 9.80 Å². The van der Waals surface area contributed by atoms with Crippen molar-refractivity contribution in [2.24, 2.45) is 5.92 Å². The summed E-state index contributed by atoms with van der Waals surface area (Å²) in [6.07, 6.45) is 2.08. The third-order valence-corrected chi connectivity index (χ3v) is 6.86. The van der Waals surface area contributed by atoms with Crippen LogP contribution in [0.1, 0.15) is 29.5 Å². The van der Waals surface area contributed by atoms with Gasteiger partial charge in [0.15, 0.2) is 0 Å². The van der Waals surface area contributed by atoms with Crippen LogP contribution in [0, 0.1) is 11.7 Å². The summed E-state index contributed by atoms with van der Waals surface area (Å²) in [6, 6.07) is 9.77. The summed E-state index contributed by atoms with van der Waals surface area (Å²) in [7, 11) is 3.51. The molecule has 0 bridgehead atoms. The predicted molar refractivity (Wildman–Crippen MR) is 118 cm³/mol. The first-order valence-electron chi connectivity index (χ1n) is 10.6. The SMILES string of the molecule is CN(C)C(=O)C(Cc1cc(O)ccc1Cl)CN1CCC2(CC1)OCc1cc(F)ccc12. The predicted octanol–water partition coefficient (Wildman–Crippen LogP) is 3.95. The maximum Gasteiger partial charge on any atom is 0.226 e. The highest BCUT2D eigenvalue weighted by Gasteiger charge is 2.43. The van der Waals surface area contributed by atoms with E-state index in [1.165, 1.54) is 6.07 Å². The Morgan fingerprint density at radius 3 is 2.71 bits per heavy atom. The number of halogens is 2. The quantitative estimate of drug-likeness (QED) is 0.755. The van der Waals surface area contributed by atoms with E-state index in [1.807, 2.05) is 6.07 Å². The number of ether oxygens (including phenoxy) is 1. The number of phenolic OH excluding ortho intramolecular Hbond substituents is 1. The molecule has 166 valence electrons. The van der Waals surface area contributed by atoms with Gasteiger partial charge >= 0.3 is 0 Å². The van der Waals surface area contributed by atoms with Gasteiger partial charge in [-0.05, 0) is 66.3 Å². The Hall–Kier alpha value is -2.15. The summed E-state index contributed by atoms with van der Waals surface area (Å²) in [5.41, 5.74) is 2.45. The first-order valence-corrected chi connectivity index (χ1v) is 11.0. The Balaban J connectivity index is 1.46. The molecule has 0 radical (unpaired) electrons. The number of carbonyl (C=O) groups excluding carboxylic acids is 1. The number of likely N-dealkylation sites (tertiary alicyclic amines) is 1. The molecule has 2 aliphatic heterocycles. The first kappa shape index (κ1) is 22.1. The molecule has 7 heteroatoms. The molecule has 1 N–H and O–H groups in total. The number of amides is 1. The van der Waals surface area contributed by atoms with E-state index in [1.54, 1.807) is 43.3 Å². The molecule has 1 spiro atoms. The van der Waals surface area contributed by atoms with Gasteiger partial charge < -0.3 is 19.6 Å². The van der Waals surface area contributed by atoms with Crippen LogP contribution >= 0.6 is 11.6 Å². The van der Waals surface area contributed by atoms with Gasteiger partial charge in [-0.25, -0.2) is 4.39 Å². The zero-order valence-electron chi connectivity index (χ0n) is 17.9. The van der Waals surface area contributed by atoms with Crippen molar-refractivity contribution in [3.8, 4) is 5.75 Å². The van der Waals surface area contributed by atoms with Crippen LogP contribution in [0.25, 0.3) is 0 Å². The van der Waals surface area contributed by atoms with Gasteiger partial charge in [0.25, 0.3) is 0 Å². The summed E-state index contributed by atoms with van der Waals surface area (Å²) < 4.78 is 19.7. The van der Waals surface area contributed by atoms with E-state index in [4.69, 9.17) is 16.3 Å². The summed E-state index contributed by atoms with van der Waals surface area (Å²) in [6.45, 7) is 2.64. The first-order chi connectivity index (χ1) is 14.8. The number of rotatable bonds is 5. The molecule has 5 nitrogen and oxygen atoms in total. The standard InChI is InChI=1S/C24H28ClFN2O3/c1-27(2)23(30)17(11-16-13-20(29)4-6-22(16)25)14-28-9-7-24(8-10-28)21-5-3-19(26)12-18(21)15-31-24/h3-6,12-13,17,29H,7-11,14-15H2,1-2H3. The third-order valence-electron chi connectivity index (χ3n) is 6.49. The number of fused-ring (bicyclic) bond motifs is 2.